The number of aromatic amines is 1. The molecule has 1 aliphatic heterocycles. The molecule has 0 spiro atoms. The Morgan fingerprint density at radius 1 is 1.26 bits per heavy atom. The second-order valence-corrected chi connectivity index (χ2v) is 11.5. The summed E-state index contributed by atoms with van der Waals surface area (Å²) in [6.07, 6.45) is 5.53. The van der Waals surface area contributed by atoms with Crippen LogP contribution in [0, 0.1) is 0 Å². The molecule has 1 atom stereocenters. The van der Waals surface area contributed by atoms with Gasteiger partial charge in [0.15, 0.2) is 0 Å². The molecule has 0 bridgehead atoms. The summed E-state index contributed by atoms with van der Waals surface area (Å²) in [4.78, 5) is 25.8. The summed E-state index contributed by atoms with van der Waals surface area (Å²) in [5, 5.41) is 9.02. The molecule has 172 valence electrons. The van der Waals surface area contributed by atoms with Crippen LogP contribution < -0.4 is 20.5 Å². The summed E-state index contributed by atoms with van der Waals surface area (Å²) < 4.78 is 32.5. The fraction of sp³-hybridized carbons (Fsp3) is 0.737. The van der Waals surface area contributed by atoms with Gasteiger partial charge in [0.05, 0.1) is 23.2 Å². The maximum absolute atomic E-state index is 12.4. The molecule has 1 amide bonds. The third-order valence-electron chi connectivity index (χ3n) is 6.51. The summed E-state index contributed by atoms with van der Waals surface area (Å²) in [5.74, 6) is 0. The van der Waals surface area contributed by atoms with Crippen molar-refractivity contribution < 1.29 is 17.9 Å². The number of sulfonamides is 1. The molecular formula is C19H28ClN5O5S. The molecule has 1 saturated heterocycles. The number of H-pyrrole nitrogens is 1. The molecular weight excluding hydrogens is 446 g/mol. The van der Waals surface area contributed by atoms with Crippen LogP contribution in [0.3, 0.4) is 0 Å². The number of carbonyl (C=O) groups excluding carboxylic acids is 1. The SMILES string of the molecule is CC1(S(=O)(=O)NC2CCC(NC(=O)O[C@@H]3CCN(c4cn[nH]c(=O)c4Cl)C3)CC2)CC1. The number of alkyl carbamates (subject to hydrolysis) is 1. The number of nitrogens with one attached hydrogen (secondary N) is 3. The van der Waals surface area contributed by atoms with Crippen LogP contribution in [0.4, 0.5) is 10.5 Å². The maximum atomic E-state index is 12.4. The second-order valence-electron chi connectivity index (χ2n) is 8.92. The largest absolute Gasteiger partial charge is 0.444 e. The van der Waals surface area contributed by atoms with Crippen LogP contribution in [0.5, 0.6) is 0 Å². The Bertz CT molecular complexity index is 988. The van der Waals surface area contributed by atoms with Crippen LogP contribution in [0.15, 0.2) is 11.0 Å². The summed E-state index contributed by atoms with van der Waals surface area (Å²) in [6.45, 7) is 2.82. The van der Waals surface area contributed by atoms with Gasteiger partial charge >= 0.3 is 6.09 Å². The van der Waals surface area contributed by atoms with Crippen LogP contribution in [0.25, 0.3) is 0 Å². The van der Waals surface area contributed by atoms with Gasteiger partial charge in [0.1, 0.15) is 11.1 Å². The Hall–Kier alpha value is -1.85. The van der Waals surface area contributed by atoms with Gasteiger partial charge in [-0.1, -0.05) is 11.6 Å². The number of anilines is 1. The third-order valence-corrected chi connectivity index (χ3v) is 9.23. The second kappa shape index (κ2) is 8.59. The lowest BCUT2D eigenvalue weighted by atomic mass is 9.92. The first-order chi connectivity index (χ1) is 14.7. The standard InChI is InChI=1S/C19H28ClN5O5S/c1-19(7-8-19)31(28,29)24-13-4-2-12(3-5-13)22-18(27)30-14-6-9-25(11-14)15-10-21-23-17(26)16(15)20/h10,12-14,24H,2-9,11H2,1H3,(H,22,27)(H,23,26)/t12?,13?,14-/m1/s1. The monoisotopic (exact) mass is 473 g/mol. The molecule has 3 fully saturated rings. The van der Waals surface area contributed by atoms with E-state index in [-0.39, 0.29) is 23.2 Å². The van der Waals surface area contributed by atoms with Gasteiger partial charge in [0.2, 0.25) is 10.0 Å². The highest BCUT2D eigenvalue weighted by molar-refractivity contribution is 7.91. The van der Waals surface area contributed by atoms with Crippen molar-refractivity contribution in [3.63, 3.8) is 0 Å². The van der Waals surface area contributed by atoms with Gasteiger partial charge in [-0.2, -0.15) is 5.10 Å². The quantitative estimate of drug-likeness (QED) is 0.570. The van der Waals surface area contributed by atoms with Crippen LogP contribution >= 0.6 is 11.6 Å². The molecule has 1 aromatic heterocycles. The van der Waals surface area contributed by atoms with Crippen molar-refractivity contribution in [2.75, 3.05) is 18.0 Å². The van der Waals surface area contributed by atoms with Gasteiger partial charge < -0.3 is 15.0 Å². The molecule has 2 aliphatic carbocycles. The average molecular weight is 474 g/mol. The van der Waals surface area contributed by atoms with Gasteiger partial charge in [0, 0.05) is 25.0 Å². The Balaban J connectivity index is 1.21. The number of rotatable bonds is 6. The highest BCUT2D eigenvalue weighted by atomic mass is 35.5. The lowest BCUT2D eigenvalue weighted by Gasteiger charge is -2.30. The number of hydrogen-bond acceptors (Lipinski definition) is 7. The van der Waals surface area contributed by atoms with E-state index in [1.807, 2.05) is 4.90 Å². The Morgan fingerprint density at radius 3 is 2.61 bits per heavy atom. The van der Waals surface area contributed by atoms with Gasteiger partial charge in [-0.05, 0) is 45.4 Å². The van der Waals surface area contributed by atoms with Crippen molar-refractivity contribution in [1.29, 1.82) is 0 Å². The first kappa shape index (κ1) is 22.3. The van der Waals surface area contributed by atoms with Crippen molar-refractivity contribution in [2.45, 2.75) is 74.8 Å². The van der Waals surface area contributed by atoms with E-state index in [1.165, 1.54) is 6.20 Å². The molecule has 31 heavy (non-hydrogen) atoms. The van der Waals surface area contributed by atoms with E-state index < -0.39 is 26.4 Å². The summed E-state index contributed by atoms with van der Waals surface area (Å²) in [5.41, 5.74) is 0.0724. The number of hydrogen-bond donors (Lipinski definition) is 3. The van der Waals surface area contributed by atoms with Crippen LogP contribution in [-0.4, -0.2) is 60.7 Å². The fourth-order valence-corrected chi connectivity index (χ4v) is 5.96. The lowest BCUT2D eigenvalue weighted by Crippen LogP contribution is -2.46. The van der Waals surface area contributed by atoms with Gasteiger partial charge in [-0.3, -0.25) is 4.79 Å². The van der Waals surface area contributed by atoms with E-state index in [9.17, 15) is 18.0 Å². The van der Waals surface area contributed by atoms with Crippen molar-refractivity contribution >= 4 is 33.4 Å². The van der Waals surface area contributed by atoms with Gasteiger partial charge in [0.25, 0.3) is 5.56 Å². The summed E-state index contributed by atoms with van der Waals surface area (Å²) >= 11 is 6.05. The Labute approximate surface area is 186 Å². The van der Waals surface area contributed by atoms with Crippen molar-refractivity contribution in [3.8, 4) is 0 Å². The topological polar surface area (TPSA) is 133 Å². The summed E-state index contributed by atoms with van der Waals surface area (Å²) in [7, 11) is -3.28. The number of ether oxygens (including phenoxy) is 1. The minimum Gasteiger partial charge on any atom is -0.444 e. The number of aromatic nitrogens is 2. The molecule has 3 aliphatic rings. The van der Waals surface area contributed by atoms with E-state index in [0.29, 0.717) is 63.7 Å². The van der Waals surface area contributed by atoms with E-state index in [4.69, 9.17) is 16.3 Å². The predicted octanol–water partition coefficient (Wildman–Crippen LogP) is 1.51. The van der Waals surface area contributed by atoms with Crippen LogP contribution in [0.2, 0.25) is 5.02 Å². The lowest BCUT2D eigenvalue weighted by molar-refractivity contribution is 0.102. The minimum absolute atomic E-state index is 0.0337. The van der Waals surface area contributed by atoms with E-state index in [0.717, 1.165) is 0 Å². The minimum atomic E-state index is -3.28. The molecule has 2 saturated carbocycles. The average Bonchev–Trinajstić information content (AvgIpc) is 3.32. The molecule has 0 aromatic carbocycles. The van der Waals surface area contributed by atoms with Crippen molar-refractivity contribution in [2.24, 2.45) is 0 Å². The van der Waals surface area contributed by atoms with E-state index in [1.54, 1.807) is 6.92 Å². The fourth-order valence-electron chi connectivity index (χ4n) is 4.15. The Morgan fingerprint density at radius 2 is 1.94 bits per heavy atom. The van der Waals surface area contributed by atoms with Crippen molar-refractivity contribution in [3.05, 3.63) is 21.6 Å². The number of halogens is 1. The molecule has 10 nitrogen and oxygen atoms in total. The predicted molar refractivity (Wildman–Crippen MR) is 116 cm³/mol. The highest BCUT2D eigenvalue weighted by Gasteiger charge is 2.50. The summed E-state index contributed by atoms with van der Waals surface area (Å²) in [6, 6.07) is -0.110. The number of amides is 1. The maximum Gasteiger partial charge on any atom is 0.407 e. The molecule has 12 heteroatoms. The number of carbonyl (C=O) groups is 1. The zero-order valence-corrected chi connectivity index (χ0v) is 19.0. The van der Waals surface area contributed by atoms with Crippen molar-refractivity contribution in [1.82, 2.24) is 20.2 Å². The van der Waals surface area contributed by atoms with E-state index >= 15 is 0 Å². The molecule has 0 radical (unpaired) electrons. The molecule has 2 heterocycles. The normalized spacial score (nSPS) is 27.7. The highest BCUT2D eigenvalue weighted by Crippen LogP contribution is 2.42. The smallest absolute Gasteiger partial charge is 0.407 e. The first-order valence-electron chi connectivity index (χ1n) is 10.6. The third kappa shape index (κ3) is 4.98. The zero-order chi connectivity index (χ0) is 22.2. The first-order valence-corrected chi connectivity index (χ1v) is 12.5. The molecule has 3 N–H and O–H groups in total. The van der Waals surface area contributed by atoms with Crippen LogP contribution in [0.1, 0.15) is 51.9 Å². The van der Waals surface area contributed by atoms with E-state index in [2.05, 4.69) is 20.2 Å². The Kier molecular flexibility index (Phi) is 6.19. The van der Waals surface area contributed by atoms with Crippen LogP contribution in [-0.2, 0) is 14.8 Å². The van der Waals surface area contributed by atoms with Gasteiger partial charge in [-0.25, -0.2) is 23.0 Å². The molecule has 0 unspecified atom stereocenters. The number of nitrogens with zero attached hydrogens (tertiary/aromatic N) is 2. The zero-order valence-electron chi connectivity index (χ0n) is 17.4. The molecule has 4 rings (SSSR count). The van der Waals surface area contributed by atoms with Gasteiger partial charge in [-0.15, -0.1) is 0 Å². The molecule has 1 aromatic rings.